The van der Waals surface area contributed by atoms with Crippen LogP contribution in [0.1, 0.15) is 66.7 Å². The minimum Gasteiger partial charge on any atom is -0.465 e. The van der Waals surface area contributed by atoms with Crippen LogP contribution >= 0.6 is 0 Å². The summed E-state index contributed by atoms with van der Waals surface area (Å²) in [5, 5.41) is 0. The first-order valence-corrected chi connectivity index (χ1v) is 6.50. The maximum Gasteiger partial charge on any atom is 0.306 e. The number of unbranched alkanes of at least 4 members (excludes halogenated alkanes) is 2. The van der Waals surface area contributed by atoms with Crippen molar-refractivity contribution in [1.82, 2.24) is 0 Å². The Labute approximate surface area is 101 Å². The fourth-order valence-corrected chi connectivity index (χ4v) is 1.55. The van der Waals surface area contributed by atoms with E-state index in [1.54, 1.807) is 0 Å². The van der Waals surface area contributed by atoms with E-state index in [2.05, 4.69) is 34.6 Å². The minimum absolute atomic E-state index is 0.0303. The van der Waals surface area contributed by atoms with Crippen molar-refractivity contribution in [2.45, 2.75) is 66.7 Å². The van der Waals surface area contributed by atoms with Crippen molar-refractivity contribution in [2.24, 2.45) is 11.3 Å². The van der Waals surface area contributed by atoms with Gasteiger partial charge in [-0.1, -0.05) is 53.9 Å². The maximum atomic E-state index is 11.5. The van der Waals surface area contributed by atoms with Crippen LogP contribution in [0.5, 0.6) is 0 Å². The molecule has 0 aliphatic rings. The zero-order valence-electron chi connectivity index (χ0n) is 11.6. The second kappa shape index (κ2) is 7.70. The molecule has 0 aliphatic heterocycles. The first-order chi connectivity index (χ1) is 7.35. The number of carbonyl (C=O) groups is 1. The molecule has 0 aromatic carbocycles. The highest BCUT2D eigenvalue weighted by atomic mass is 16.5. The Morgan fingerprint density at radius 3 is 2.38 bits per heavy atom. The van der Waals surface area contributed by atoms with E-state index >= 15 is 0 Å². The van der Waals surface area contributed by atoms with Crippen LogP contribution in [0.2, 0.25) is 0 Å². The lowest BCUT2D eigenvalue weighted by molar-refractivity contribution is -0.147. The van der Waals surface area contributed by atoms with Crippen LogP contribution in [0.25, 0.3) is 0 Å². The molecule has 0 saturated carbocycles. The van der Waals surface area contributed by atoms with E-state index in [0.29, 0.717) is 18.9 Å². The first-order valence-electron chi connectivity index (χ1n) is 6.50. The monoisotopic (exact) mass is 228 g/mol. The van der Waals surface area contributed by atoms with Gasteiger partial charge in [0.2, 0.25) is 0 Å². The number of esters is 1. The molecule has 0 saturated heterocycles. The smallest absolute Gasteiger partial charge is 0.306 e. The largest absolute Gasteiger partial charge is 0.465 e. The molecule has 0 aliphatic carbocycles. The summed E-state index contributed by atoms with van der Waals surface area (Å²) in [6, 6.07) is 0. The molecule has 0 radical (unpaired) electrons. The third kappa shape index (κ3) is 10.0. The molecule has 1 unspecified atom stereocenters. The van der Waals surface area contributed by atoms with Crippen LogP contribution in [-0.2, 0) is 9.53 Å². The highest BCUT2D eigenvalue weighted by Crippen LogP contribution is 2.19. The number of hydrogen-bond acceptors (Lipinski definition) is 2. The average Bonchev–Trinajstić information content (AvgIpc) is 2.12. The lowest BCUT2D eigenvalue weighted by atomic mass is 9.92. The molecule has 0 aromatic heterocycles. The predicted molar refractivity (Wildman–Crippen MR) is 68.3 cm³/mol. The van der Waals surface area contributed by atoms with E-state index in [-0.39, 0.29) is 11.4 Å². The van der Waals surface area contributed by atoms with Gasteiger partial charge in [-0.15, -0.1) is 0 Å². The van der Waals surface area contributed by atoms with Gasteiger partial charge in [-0.2, -0.15) is 0 Å². The summed E-state index contributed by atoms with van der Waals surface area (Å²) in [7, 11) is 0. The van der Waals surface area contributed by atoms with E-state index in [1.165, 1.54) is 19.3 Å². The highest BCUT2D eigenvalue weighted by molar-refractivity contribution is 5.70. The number of hydrogen-bond donors (Lipinski definition) is 0. The van der Waals surface area contributed by atoms with E-state index in [4.69, 9.17) is 4.74 Å². The third-order valence-corrected chi connectivity index (χ3v) is 2.50. The van der Waals surface area contributed by atoms with Crippen LogP contribution in [0.3, 0.4) is 0 Å². The number of rotatable bonds is 7. The van der Waals surface area contributed by atoms with Crippen molar-refractivity contribution >= 4 is 5.97 Å². The fourth-order valence-electron chi connectivity index (χ4n) is 1.55. The summed E-state index contributed by atoms with van der Waals surface area (Å²) in [4.78, 5) is 11.5. The zero-order chi connectivity index (χ0) is 12.6. The van der Waals surface area contributed by atoms with Gasteiger partial charge in [0, 0.05) is 0 Å². The molecule has 2 heteroatoms. The summed E-state index contributed by atoms with van der Waals surface area (Å²) in [5.74, 6) is 0.435. The quantitative estimate of drug-likeness (QED) is 0.482. The van der Waals surface area contributed by atoms with Crippen molar-refractivity contribution in [1.29, 1.82) is 0 Å². The summed E-state index contributed by atoms with van der Waals surface area (Å²) in [5.41, 5.74) is 0.0303. The Hall–Kier alpha value is -0.530. The maximum absolute atomic E-state index is 11.5. The van der Waals surface area contributed by atoms with Gasteiger partial charge in [-0.05, 0) is 17.8 Å². The average molecular weight is 228 g/mol. The molecule has 0 aromatic rings. The zero-order valence-corrected chi connectivity index (χ0v) is 11.6. The fraction of sp³-hybridized carbons (Fsp3) is 0.929. The summed E-state index contributed by atoms with van der Waals surface area (Å²) < 4.78 is 5.27. The lowest BCUT2D eigenvalue weighted by Gasteiger charge is -2.18. The van der Waals surface area contributed by atoms with Crippen molar-refractivity contribution in [3.63, 3.8) is 0 Å². The van der Waals surface area contributed by atoms with Gasteiger partial charge in [-0.3, -0.25) is 4.79 Å². The predicted octanol–water partition coefficient (Wildman–Crippen LogP) is 4.18. The minimum atomic E-state index is -0.0603. The highest BCUT2D eigenvalue weighted by Gasteiger charge is 2.17. The Morgan fingerprint density at radius 1 is 1.25 bits per heavy atom. The van der Waals surface area contributed by atoms with Crippen LogP contribution in [0, 0.1) is 11.3 Å². The van der Waals surface area contributed by atoms with Crippen LogP contribution in [-0.4, -0.2) is 12.6 Å². The molecule has 0 rings (SSSR count). The van der Waals surface area contributed by atoms with E-state index in [0.717, 1.165) is 6.42 Å². The van der Waals surface area contributed by atoms with Crippen molar-refractivity contribution in [3.05, 3.63) is 0 Å². The van der Waals surface area contributed by atoms with Crippen LogP contribution in [0.4, 0.5) is 0 Å². The molecule has 0 heterocycles. The molecular weight excluding hydrogens is 200 g/mol. The van der Waals surface area contributed by atoms with Gasteiger partial charge in [0.25, 0.3) is 0 Å². The van der Waals surface area contributed by atoms with E-state index in [1.807, 2.05) is 0 Å². The molecular formula is C14H28O2. The molecule has 0 bridgehead atoms. The Kier molecular flexibility index (Phi) is 7.44. The Balaban J connectivity index is 3.59. The SMILES string of the molecule is CCCCCC(C)COC(=O)CC(C)(C)C. The topological polar surface area (TPSA) is 26.3 Å². The van der Waals surface area contributed by atoms with Crippen LogP contribution in [0.15, 0.2) is 0 Å². The second-order valence-electron chi connectivity index (χ2n) is 6.02. The van der Waals surface area contributed by atoms with E-state index in [9.17, 15) is 4.79 Å². The van der Waals surface area contributed by atoms with Gasteiger partial charge >= 0.3 is 5.97 Å². The molecule has 16 heavy (non-hydrogen) atoms. The molecule has 0 amide bonds. The molecule has 0 fully saturated rings. The Morgan fingerprint density at radius 2 is 1.88 bits per heavy atom. The molecule has 96 valence electrons. The van der Waals surface area contributed by atoms with E-state index < -0.39 is 0 Å². The summed E-state index contributed by atoms with van der Waals surface area (Å²) in [6.07, 6.45) is 5.44. The number of ether oxygens (including phenoxy) is 1. The lowest BCUT2D eigenvalue weighted by Crippen LogP contribution is -2.18. The van der Waals surface area contributed by atoms with Crippen LogP contribution < -0.4 is 0 Å². The second-order valence-corrected chi connectivity index (χ2v) is 6.02. The Bertz CT molecular complexity index is 191. The van der Waals surface area contributed by atoms with Gasteiger partial charge in [0.15, 0.2) is 0 Å². The molecule has 1 atom stereocenters. The van der Waals surface area contributed by atoms with Crippen molar-refractivity contribution in [3.8, 4) is 0 Å². The van der Waals surface area contributed by atoms with Gasteiger partial charge < -0.3 is 4.74 Å². The summed E-state index contributed by atoms with van der Waals surface area (Å²) in [6.45, 7) is 11.1. The number of carbonyl (C=O) groups excluding carboxylic acids is 1. The molecule has 0 spiro atoms. The first kappa shape index (κ1) is 15.5. The summed E-state index contributed by atoms with van der Waals surface area (Å²) >= 11 is 0. The van der Waals surface area contributed by atoms with Crippen molar-refractivity contribution < 1.29 is 9.53 Å². The molecule has 0 N–H and O–H groups in total. The van der Waals surface area contributed by atoms with Gasteiger partial charge in [0.1, 0.15) is 0 Å². The third-order valence-electron chi connectivity index (χ3n) is 2.50. The normalized spacial score (nSPS) is 13.6. The van der Waals surface area contributed by atoms with Gasteiger partial charge in [-0.25, -0.2) is 0 Å². The molecule has 2 nitrogen and oxygen atoms in total. The van der Waals surface area contributed by atoms with Crippen molar-refractivity contribution in [2.75, 3.05) is 6.61 Å². The van der Waals surface area contributed by atoms with Gasteiger partial charge in [0.05, 0.1) is 13.0 Å². The standard InChI is InChI=1S/C14H28O2/c1-6-7-8-9-12(2)11-16-13(15)10-14(3,4)5/h12H,6-11H2,1-5H3.